The number of rotatable bonds is 14. The van der Waals surface area contributed by atoms with Crippen LogP contribution in [0.5, 0.6) is 0 Å². The number of fused-ring (bicyclic) bond motifs is 1. The van der Waals surface area contributed by atoms with Crippen molar-refractivity contribution in [2.24, 2.45) is 0 Å². The van der Waals surface area contributed by atoms with E-state index < -0.39 is 21.2 Å². The van der Waals surface area contributed by atoms with Crippen molar-refractivity contribution in [1.29, 1.82) is 0 Å². The Morgan fingerprint density at radius 2 is 1.04 bits per heavy atom. The molecule has 0 unspecified atom stereocenters. The Kier molecular flexibility index (Phi) is 12.1. The Hall–Kier alpha value is -4.77. The summed E-state index contributed by atoms with van der Waals surface area (Å²) in [5.74, 6) is -0.719. The molecule has 4 aromatic rings. The average Bonchev–Trinajstić information content (AvgIpc) is 2.99. The number of benzene rings is 4. The highest BCUT2D eigenvalue weighted by Crippen LogP contribution is 2.36. The zero-order valence-electron chi connectivity index (χ0n) is 30.4. The van der Waals surface area contributed by atoms with Crippen molar-refractivity contribution >= 4 is 55.5 Å². The van der Waals surface area contributed by atoms with Gasteiger partial charge in [-0.15, -0.1) is 0 Å². The van der Waals surface area contributed by atoms with Crippen LogP contribution in [0, 0.1) is 0 Å². The molecule has 10 nitrogen and oxygen atoms in total. The van der Waals surface area contributed by atoms with E-state index in [1.54, 1.807) is 12.1 Å². The van der Waals surface area contributed by atoms with Crippen LogP contribution in [0.2, 0.25) is 0 Å². The Morgan fingerprint density at radius 3 is 1.40 bits per heavy atom. The van der Waals surface area contributed by atoms with Gasteiger partial charge in [0.05, 0.1) is 6.26 Å². The predicted molar refractivity (Wildman–Crippen MR) is 203 cm³/mol. The molecule has 0 amide bonds. The van der Waals surface area contributed by atoms with Crippen LogP contribution in [0.4, 0.5) is 22.7 Å². The van der Waals surface area contributed by atoms with E-state index in [0.717, 1.165) is 51.8 Å². The lowest BCUT2D eigenvalue weighted by atomic mass is 10.0. The second kappa shape index (κ2) is 15.8. The highest BCUT2D eigenvalue weighted by atomic mass is 32.2. The maximum absolute atomic E-state index is 13.3. The summed E-state index contributed by atoms with van der Waals surface area (Å²) in [4.78, 5) is 30.5. The molecule has 50 heavy (non-hydrogen) atoms. The number of carbonyl (C=O) groups is 2. The monoisotopic (exact) mass is 702 g/mol. The lowest BCUT2D eigenvalue weighted by Crippen LogP contribution is -2.35. The lowest BCUT2D eigenvalue weighted by molar-refractivity contribution is -0.154. The van der Waals surface area contributed by atoms with E-state index >= 15 is 0 Å². The van der Waals surface area contributed by atoms with Crippen molar-refractivity contribution in [3.8, 4) is 0 Å². The number of hydrogen-bond acceptors (Lipinski definition) is 9. The van der Waals surface area contributed by atoms with Crippen LogP contribution in [0.3, 0.4) is 0 Å². The Balaban J connectivity index is 1.77. The SMILES string of the molecule is CCNc1ccc(CN(CC(=O)OC(C)(C)C)c2ccc(N(CC(=O)OC(C)(C)C)Cc3ccc(NS(C)(=O)=O)cc3)c3ccccc23)cc1. The molecule has 2 N–H and O–H groups in total. The number of anilines is 4. The third kappa shape index (κ3) is 11.7. The van der Waals surface area contributed by atoms with Gasteiger partial charge in [-0.1, -0.05) is 48.5 Å². The molecule has 4 aromatic carbocycles. The highest BCUT2D eigenvalue weighted by molar-refractivity contribution is 7.92. The first-order valence-corrected chi connectivity index (χ1v) is 18.6. The molecule has 268 valence electrons. The standard InChI is InChI=1S/C39H50N4O6S/c1-9-40-30-18-14-28(15-19-30)24-42(26-36(44)48-38(2,3)4)34-22-23-35(33-13-11-10-12-32(33)34)43(27-37(45)49-39(5,6)7)25-29-16-20-31(21-17-29)41-50(8,46)47/h10-23,40-41H,9,24-27H2,1-8H3. The zero-order valence-corrected chi connectivity index (χ0v) is 31.2. The van der Waals surface area contributed by atoms with Gasteiger partial charge in [0.25, 0.3) is 0 Å². The van der Waals surface area contributed by atoms with E-state index in [1.807, 2.05) is 112 Å². The highest BCUT2D eigenvalue weighted by Gasteiger charge is 2.24. The number of ether oxygens (including phenoxy) is 2. The third-order valence-corrected chi connectivity index (χ3v) is 7.98. The minimum Gasteiger partial charge on any atom is -0.459 e. The Bertz CT molecular complexity index is 1880. The maximum atomic E-state index is 13.3. The summed E-state index contributed by atoms with van der Waals surface area (Å²) in [6, 6.07) is 27.1. The summed E-state index contributed by atoms with van der Waals surface area (Å²) in [6.07, 6.45) is 1.10. The van der Waals surface area contributed by atoms with Gasteiger partial charge in [0.15, 0.2) is 0 Å². The first-order valence-electron chi connectivity index (χ1n) is 16.7. The first-order chi connectivity index (χ1) is 23.4. The maximum Gasteiger partial charge on any atom is 0.326 e. The van der Waals surface area contributed by atoms with Crippen molar-refractivity contribution in [3.05, 3.63) is 96.1 Å². The fourth-order valence-corrected chi connectivity index (χ4v) is 6.16. The van der Waals surface area contributed by atoms with Gasteiger partial charge >= 0.3 is 11.9 Å². The van der Waals surface area contributed by atoms with Gasteiger partial charge in [0.2, 0.25) is 10.0 Å². The second-order valence-corrected chi connectivity index (χ2v) is 16.1. The second-order valence-electron chi connectivity index (χ2n) is 14.3. The normalized spacial score (nSPS) is 11.9. The summed E-state index contributed by atoms with van der Waals surface area (Å²) in [5.41, 5.74) is 3.73. The van der Waals surface area contributed by atoms with Gasteiger partial charge in [-0.25, -0.2) is 8.42 Å². The fourth-order valence-electron chi connectivity index (χ4n) is 5.60. The van der Waals surface area contributed by atoms with Gasteiger partial charge < -0.3 is 24.6 Å². The molecule has 0 aliphatic heterocycles. The average molecular weight is 703 g/mol. The molecular weight excluding hydrogens is 653 g/mol. The van der Waals surface area contributed by atoms with E-state index in [-0.39, 0.29) is 25.0 Å². The van der Waals surface area contributed by atoms with E-state index in [1.165, 1.54) is 0 Å². The minimum absolute atomic E-state index is 0.0241. The number of carbonyl (C=O) groups excluding carboxylic acids is 2. The van der Waals surface area contributed by atoms with Gasteiger partial charge in [0.1, 0.15) is 24.3 Å². The van der Waals surface area contributed by atoms with Crippen LogP contribution in [-0.2, 0) is 42.2 Å². The molecule has 0 bridgehead atoms. The largest absolute Gasteiger partial charge is 0.459 e. The molecular formula is C39H50N4O6S. The summed E-state index contributed by atoms with van der Waals surface area (Å²) >= 11 is 0. The molecule has 11 heteroatoms. The van der Waals surface area contributed by atoms with Crippen molar-refractivity contribution < 1.29 is 27.5 Å². The van der Waals surface area contributed by atoms with Crippen LogP contribution in [0.15, 0.2) is 84.9 Å². The molecule has 4 rings (SSSR count). The van der Waals surface area contributed by atoms with Crippen molar-refractivity contribution in [2.75, 3.05) is 45.7 Å². The summed E-state index contributed by atoms with van der Waals surface area (Å²) in [7, 11) is -3.42. The van der Waals surface area contributed by atoms with Gasteiger partial charge in [-0.3, -0.25) is 14.3 Å². The number of nitrogens with one attached hydrogen (secondary N) is 2. The fraction of sp³-hybridized carbons (Fsp3) is 0.385. The number of sulfonamides is 1. The quantitative estimate of drug-likeness (QED) is 0.130. The lowest BCUT2D eigenvalue weighted by Gasteiger charge is -2.31. The molecule has 0 aliphatic rings. The van der Waals surface area contributed by atoms with Crippen LogP contribution >= 0.6 is 0 Å². The van der Waals surface area contributed by atoms with Gasteiger partial charge in [-0.05, 0) is 96.0 Å². The van der Waals surface area contributed by atoms with Crippen LogP contribution in [0.25, 0.3) is 10.8 Å². The van der Waals surface area contributed by atoms with Crippen LogP contribution < -0.4 is 19.8 Å². The number of esters is 2. The van der Waals surface area contributed by atoms with Crippen molar-refractivity contribution in [3.63, 3.8) is 0 Å². The van der Waals surface area contributed by atoms with Gasteiger partial charge in [0, 0.05) is 53.2 Å². The third-order valence-electron chi connectivity index (χ3n) is 7.38. The molecule has 0 aromatic heterocycles. The van der Waals surface area contributed by atoms with Crippen LogP contribution in [-0.4, -0.2) is 57.4 Å². The molecule has 0 heterocycles. The predicted octanol–water partition coefficient (Wildman–Crippen LogP) is 7.34. The number of nitrogens with zero attached hydrogens (tertiary/aromatic N) is 2. The van der Waals surface area contributed by atoms with E-state index in [4.69, 9.17) is 9.47 Å². The molecule has 0 saturated heterocycles. The molecule has 0 radical (unpaired) electrons. The molecule has 0 aliphatic carbocycles. The Morgan fingerprint density at radius 1 is 0.640 bits per heavy atom. The first kappa shape index (κ1) is 38.0. The molecule has 0 fully saturated rings. The summed E-state index contributed by atoms with van der Waals surface area (Å²) in [5, 5.41) is 5.11. The van der Waals surface area contributed by atoms with Gasteiger partial charge in [-0.2, -0.15) is 0 Å². The van der Waals surface area contributed by atoms with Crippen molar-refractivity contribution in [1.82, 2.24) is 0 Å². The minimum atomic E-state index is -3.42. The summed E-state index contributed by atoms with van der Waals surface area (Å²) in [6.45, 7) is 14.8. The van der Waals surface area contributed by atoms with E-state index in [9.17, 15) is 18.0 Å². The molecule has 0 saturated carbocycles. The summed E-state index contributed by atoms with van der Waals surface area (Å²) < 4.78 is 37.4. The van der Waals surface area contributed by atoms with E-state index in [0.29, 0.717) is 18.8 Å². The Labute approximate surface area is 296 Å². The number of hydrogen-bond donors (Lipinski definition) is 2. The molecule has 0 atom stereocenters. The van der Waals surface area contributed by atoms with E-state index in [2.05, 4.69) is 29.1 Å². The van der Waals surface area contributed by atoms with Crippen LogP contribution in [0.1, 0.15) is 59.6 Å². The molecule has 0 spiro atoms. The smallest absolute Gasteiger partial charge is 0.326 e. The zero-order chi connectivity index (χ0) is 36.7. The van der Waals surface area contributed by atoms with Crippen molar-refractivity contribution in [2.45, 2.75) is 72.8 Å². The topological polar surface area (TPSA) is 117 Å².